The first-order valence-corrected chi connectivity index (χ1v) is 12.7. The largest absolute Gasteiger partial charge is 0.371 e. The van der Waals surface area contributed by atoms with Gasteiger partial charge in [0.05, 0.1) is 23.8 Å². The molecule has 3 fully saturated rings. The number of benzene rings is 2. The Balaban J connectivity index is 1.21. The molecule has 0 amide bonds. The Hall–Kier alpha value is -3.18. The van der Waals surface area contributed by atoms with E-state index < -0.39 is 0 Å². The molecular formula is C28H32N6O. The van der Waals surface area contributed by atoms with Crippen molar-refractivity contribution in [1.29, 1.82) is 5.26 Å². The number of anilines is 2. The van der Waals surface area contributed by atoms with E-state index in [4.69, 9.17) is 4.74 Å². The van der Waals surface area contributed by atoms with Crippen molar-refractivity contribution in [2.24, 2.45) is 0 Å². The highest BCUT2D eigenvalue weighted by Crippen LogP contribution is 2.33. The molecule has 7 nitrogen and oxygen atoms in total. The summed E-state index contributed by atoms with van der Waals surface area (Å²) in [6, 6.07) is 20.3. The molecule has 3 aliphatic heterocycles. The number of pyridine rings is 1. The highest BCUT2D eigenvalue weighted by atomic mass is 16.5. The van der Waals surface area contributed by atoms with E-state index in [-0.39, 0.29) is 6.10 Å². The Morgan fingerprint density at radius 1 is 1.03 bits per heavy atom. The van der Waals surface area contributed by atoms with Crippen LogP contribution in [0.25, 0.3) is 10.9 Å². The molecule has 0 bridgehead atoms. The highest BCUT2D eigenvalue weighted by Gasteiger charge is 2.36. The van der Waals surface area contributed by atoms with Gasteiger partial charge in [-0.3, -0.25) is 9.88 Å². The van der Waals surface area contributed by atoms with E-state index >= 15 is 0 Å². The van der Waals surface area contributed by atoms with Crippen molar-refractivity contribution >= 4 is 22.3 Å². The Kier molecular flexibility index (Phi) is 6.03. The van der Waals surface area contributed by atoms with Crippen LogP contribution in [-0.4, -0.2) is 74.4 Å². The van der Waals surface area contributed by atoms with E-state index in [1.807, 2.05) is 12.1 Å². The number of piperazine rings is 2. The van der Waals surface area contributed by atoms with Crippen LogP contribution in [0, 0.1) is 11.3 Å². The second-order valence-corrected chi connectivity index (χ2v) is 9.89. The number of morpholine rings is 1. The zero-order valence-corrected chi connectivity index (χ0v) is 20.2. The van der Waals surface area contributed by atoms with Gasteiger partial charge in [0.2, 0.25) is 0 Å². The summed E-state index contributed by atoms with van der Waals surface area (Å²) in [7, 11) is 0. The van der Waals surface area contributed by atoms with Crippen molar-refractivity contribution in [2.75, 3.05) is 62.2 Å². The molecular weight excluding hydrogens is 436 g/mol. The summed E-state index contributed by atoms with van der Waals surface area (Å²) < 4.78 is 5.92. The summed E-state index contributed by atoms with van der Waals surface area (Å²) in [4.78, 5) is 12.2. The molecule has 2 aromatic carbocycles. The van der Waals surface area contributed by atoms with Crippen molar-refractivity contribution in [3.63, 3.8) is 0 Å². The molecule has 3 atom stereocenters. The Morgan fingerprint density at radius 2 is 1.89 bits per heavy atom. The summed E-state index contributed by atoms with van der Waals surface area (Å²) in [5, 5.41) is 14.0. The molecule has 1 aromatic heterocycles. The molecule has 0 spiro atoms. The van der Waals surface area contributed by atoms with E-state index in [1.165, 1.54) is 16.9 Å². The number of rotatable bonds is 3. The van der Waals surface area contributed by atoms with Gasteiger partial charge in [-0.15, -0.1) is 0 Å². The van der Waals surface area contributed by atoms with Gasteiger partial charge in [-0.25, -0.2) is 0 Å². The van der Waals surface area contributed by atoms with Crippen LogP contribution < -0.4 is 15.1 Å². The van der Waals surface area contributed by atoms with Gasteiger partial charge in [0.1, 0.15) is 6.07 Å². The van der Waals surface area contributed by atoms with Crippen molar-refractivity contribution in [1.82, 2.24) is 15.2 Å². The topological polar surface area (TPSA) is 67.7 Å². The maximum atomic E-state index is 9.54. The first kappa shape index (κ1) is 22.3. The first-order valence-electron chi connectivity index (χ1n) is 12.7. The molecule has 1 N–H and O–H groups in total. The number of nitriles is 1. The second-order valence-electron chi connectivity index (χ2n) is 9.89. The number of nitrogens with one attached hydrogen (secondary N) is 1. The van der Waals surface area contributed by atoms with Crippen LogP contribution in [-0.2, 0) is 4.74 Å². The zero-order valence-electron chi connectivity index (χ0n) is 20.2. The number of nitrogens with zero attached hydrogens (tertiary/aromatic N) is 5. The van der Waals surface area contributed by atoms with Crippen LogP contribution in [0.1, 0.15) is 24.2 Å². The van der Waals surface area contributed by atoms with Crippen LogP contribution >= 0.6 is 0 Å². The Labute approximate surface area is 206 Å². The van der Waals surface area contributed by atoms with Crippen LogP contribution in [0.3, 0.4) is 0 Å². The fourth-order valence-electron chi connectivity index (χ4n) is 6.00. The van der Waals surface area contributed by atoms with Gasteiger partial charge in [0.15, 0.2) is 0 Å². The summed E-state index contributed by atoms with van der Waals surface area (Å²) in [6.07, 6.45) is 1.92. The first-order chi connectivity index (χ1) is 17.2. The lowest BCUT2D eigenvalue weighted by molar-refractivity contribution is 0.0277. The second kappa shape index (κ2) is 9.46. The van der Waals surface area contributed by atoms with Crippen LogP contribution in [0.2, 0.25) is 0 Å². The summed E-state index contributed by atoms with van der Waals surface area (Å²) in [6.45, 7) is 10.0. The third-order valence-corrected chi connectivity index (χ3v) is 7.78. The average molecular weight is 469 g/mol. The summed E-state index contributed by atoms with van der Waals surface area (Å²) >= 11 is 0. The predicted octanol–water partition coefficient (Wildman–Crippen LogP) is 3.17. The molecule has 0 aliphatic carbocycles. The van der Waals surface area contributed by atoms with E-state index in [9.17, 15) is 5.26 Å². The van der Waals surface area contributed by atoms with Crippen LogP contribution in [0.5, 0.6) is 0 Å². The van der Waals surface area contributed by atoms with Crippen molar-refractivity contribution in [2.45, 2.75) is 25.1 Å². The van der Waals surface area contributed by atoms with Gasteiger partial charge in [0.25, 0.3) is 0 Å². The minimum Gasteiger partial charge on any atom is -0.371 e. The van der Waals surface area contributed by atoms with Gasteiger partial charge in [0, 0.05) is 80.9 Å². The molecule has 7 heteroatoms. The van der Waals surface area contributed by atoms with Gasteiger partial charge < -0.3 is 19.9 Å². The standard InChI is InChI=1S/C28H32N6O/c1-20-17-33(26-9-6-22(15-29)28-25(26)3-2-10-31-28)19-24-18-32(12-13-34(20)24)23-7-4-21(5-8-23)27-16-30-11-14-35-27/h2-10,20,24,27,30H,11-14,16-19H2,1H3/t20-,24?,27?/m0/s1. The average Bonchev–Trinajstić information content (AvgIpc) is 2.92. The number of hydrogen-bond acceptors (Lipinski definition) is 7. The molecule has 4 heterocycles. The number of aromatic nitrogens is 1. The number of fused-ring (bicyclic) bond motifs is 2. The zero-order chi connectivity index (χ0) is 23.8. The fraction of sp³-hybridized carbons (Fsp3) is 0.429. The minimum atomic E-state index is 0.152. The Bertz CT molecular complexity index is 1230. The summed E-state index contributed by atoms with van der Waals surface area (Å²) in [5.41, 5.74) is 5.15. The Morgan fingerprint density at radius 3 is 2.69 bits per heavy atom. The molecule has 6 rings (SSSR count). The third-order valence-electron chi connectivity index (χ3n) is 7.78. The van der Waals surface area contributed by atoms with E-state index in [0.29, 0.717) is 17.6 Å². The summed E-state index contributed by atoms with van der Waals surface area (Å²) in [5.74, 6) is 0. The molecule has 0 radical (unpaired) electrons. The SMILES string of the molecule is C[C@H]1CN(c2ccc(C#N)c3ncccc23)CC2CN(c3ccc(C4CNCCO4)cc3)CCN21. The quantitative estimate of drug-likeness (QED) is 0.633. The molecule has 0 saturated carbocycles. The highest BCUT2D eigenvalue weighted by molar-refractivity contribution is 5.95. The smallest absolute Gasteiger partial charge is 0.101 e. The monoisotopic (exact) mass is 468 g/mol. The van der Waals surface area contributed by atoms with Crippen molar-refractivity contribution < 1.29 is 4.74 Å². The van der Waals surface area contributed by atoms with Gasteiger partial charge in [-0.2, -0.15) is 5.26 Å². The van der Waals surface area contributed by atoms with Crippen molar-refractivity contribution in [3.05, 3.63) is 65.9 Å². The maximum absolute atomic E-state index is 9.54. The predicted molar refractivity (Wildman–Crippen MR) is 139 cm³/mol. The molecule has 3 aliphatic rings. The lowest BCUT2D eigenvalue weighted by Crippen LogP contribution is -2.65. The van der Waals surface area contributed by atoms with Crippen molar-refractivity contribution in [3.8, 4) is 6.07 Å². The van der Waals surface area contributed by atoms with E-state index in [2.05, 4.69) is 74.4 Å². The maximum Gasteiger partial charge on any atom is 0.101 e. The molecule has 35 heavy (non-hydrogen) atoms. The van der Waals surface area contributed by atoms with Crippen LogP contribution in [0.4, 0.5) is 11.4 Å². The third kappa shape index (κ3) is 4.23. The fourth-order valence-corrected chi connectivity index (χ4v) is 6.00. The normalized spacial score (nSPS) is 25.3. The molecule has 3 saturated heterocycles. The lowest BCUT2D eigenvalue weighted by atomic mass is 10.00. The lowest BCUT2D eigenvalue weighted by Gasteiger charge is -2.51. The van der Waals surface area contributed by atoms with Gasteiger partial charge in [-0.1, -0.05) is 12.1 Å². The van der Waals surface area contributed by atoms with E-state index in [1.54, 1.807) is 6.20 Å². The van der Waals surface area contributed by atoms with E-state index in [0.717, 1.165) is 63.3 Å². The number of hydrogen-bond donors (Lipinski definition) is 1. The van der Waals surface area contributed by atoms with Gasteiger partial charge in [-0.05, 0) is 48.9 Å². The molecule has 2 unspecified atom stereocenters. The number of ether oxygens (including phenoxy) is 1. The van der Waals surface area contributed by atoms with Crippen LogP contribution in [0.15, 0.2) is 54.7 Å². The molecule has 3 aromatic rings. The molecule has 180 valence electrons. The minimum absolute atomic E-state index is 0.152. The van der Waals surface area contributed by atoms with Gasteiger partial charge >= 0.3 is 0 Å².